The maximum Gasteiger partial charge on any atom is 0.141 e. The van der Waals surface area contributed by atoms with Gasteiger partial charge in [-0.25, -0.2) is 0 Å². The molecule has 0 saturated heterocycles. The number of nitrogens with one attached hydrogen (secondary N) is 1. The maximum atomic E-state index is 9.73. The lowest BCUT2D eigenvalue weighted by atomic mass is 9.93. The molecule has 20 heavy (non-hydrogen) atoms. The van der Waals surface area contributed by atoms with Crippen LogP contribution < -0.4 is 5.32 Å². The molecule has 1 aromatic rings. The van der Waals surface area contributed by atoms with Gasteiger partial charge in [0.1, 0.15) is 5.54 Å². The summed E-state index contributed by atoms with van der Waals surface area (Å²) in [5.74, 6) is 2.90. The van der Waals surface area contributed by atoms with Crippen LogP contribution in [0.4, 0.5) is 0 Å². The van der Waals surface area contributed by atoms with Crippen LogP contribution in [0.1, 0.15) is 38.2 Å². The Balaban J connectivity index is 2.01. The van der Waals surface area contributed by atoms with Crippen molar-refractivity contribution in [3.63, 3.8) is 0 Å². The highest BCUT2D eigenvalue weighted by Crippen LogP contribution is 2.31. The molecule has 1 aliphatic carbocycles. The summed E-state index contributed by atoms with van der Waals surface area (Å²) in [6.07, 6.45) is 5.53. The van der Waals surface area contributed by atoms with Gasteiger partial charge in [0.2, 0.25) is 0 Å². The fourth-order valence-electron chi connectivity index (χ4n) is 2.95. The van der Waals surface area contributed by atoms with Gasteiger partial charge in [0.25, 0.3) is 0 Å². The highest BCUT2D eigenvalue weighted by molar-refractivity contribution is 7.99. The molecule has 1 unspecified atom stereocenters. The lowest BCUT2D eigenvalue weighted by Crippen LogP contribution is -2.43. The Bertz CT molecular complexity index is 434. The summed E-state index contributed by atoms with van der Waals surface area (Å²) in [6, 6.07) is 12.7. The van der Waals surface area contributed by atoms with Gasteiger partial charge in [-0.1, -0.05) is 50.1 Å². The van der Waals surface area contributed by atoms with E-state index < -0.39 is 5.54 Å². The van der Waals surface area contributed by atoms with Crippen LogP contribution in [0.15, 0.2) is 30.3 Å². The van der Waals surface area contributed by atoms with E-state index in [1.54, 1.807) is 0 Å². The molecule has 0 amide bonds. The van der Waals surface area contributed by atoms with Crippen LogP contribution in [0.25, 0.3) is 0 Å². The standard InChI is InChI=1S/C17H24N2S/c1-2-19-17(13-18,16-10-4-3-5-11-16)14-20-12-15-8-6-7-9-15/h3-5,10-11,15,19H,2,6-9,12,14H2,1H3. The van der Waals surface area contributed by atoms with Crippen molar-refractivity contribution in [3.8, 4) is 6.07 Å². The Morgan fingerprint density at radius 2 is 2.00 bits per heavy atom. The van der Waals surface area contributed by atoms with E-state index in [9.17, 15) is 5.26 Å². The lowest BCUT2D eigenvalue weighted by molar-refractivity contribution is 0.489. The first-order chi connectivity index (χ1) is 9.80. The van der Waals surface area contributed by atoms with Crippen molar-refractivity contribution < 1.29 is 0 Å². The summed E-state index contributed by atoms with van der Waals surface area (Å²) >= 11 is 1.93. The summed E-state index contributed by atoms with van der Waals surface area (Å²) < 4.78 is 0. The van der Waals surface area contributed by atoms with E-state index in [-0.39, 0.29) is 0 Å². The van der Waals surface area contributed by atoms with Crippen LogP contribution in [-0.2, 0) is 5.54 Å². The number of thioether (sulfide) groups is 1. The zero-order valence-electron chi connectivity index (χ0n) is 12.3. The van der Waals surface area contributed by atoms with Crippen LogP contribution >= 0.6 is 11.8 Å². The second-order valence-corrected chi connectivity index (χ2v) is 6.61. The van der Waals surface area contributed by atoms with Crippen molar-refractivity contribution in [2.45, 2.75) is 38.1 Å². The molecule has 1 atom stereocenters. The Labute approximate surface area is 127 Å². The summed E-state index contributed by atoms with van der Waals surface area (Å²) in [5.41, 5.74) is 0.544. The van der Waals surface area contributed by atoms with Gasteiger partial charge in [0.05, 0.1) is 6.07 Å². The normalized spacial score (nSPS) is 18.6. The van der Waals surface area contributed by atoms with Gasteiger partial charge in [-0.15, -0.1) is 0 Å². The largest absolute Gasteiger partial charge is 0.295 e. The van der Waals surface area contributed by atoms with Gasteiger partial charge in [-0.05, 0) is 36.6 Å². The van der Waals surface area contributed by atoms with E-state index in [2.05, 4.69) is 30.4 Å². The number of rotatable bonds is 7. The molecule has 1 saturated carbocycles. The fourth-order valence-corrected chi connectivity index (χ4v) is 4.38. The van der Waals surface area contributed by atoms with Crippen LogP contribution in [0.3, 0.4) is 0 Å². The summed E-state index contributed by atoms with van der Waals surface area (Å²) in [7, 11) is 0. The van der Waals surface area contributed by atoms with Gasteiger partial charge in [-0.2, -0.15) is 17.0 Å². The second-order valence-electron chi connectivity index (χ2n) is 5.58. The molecule has 0 radical (unpaired) electrons. The van der Waals surface area contributed by atoms with E-state index in [0.29, 0.717) is 0 Å². The molecule has 1 fully saturated rings. The average Bonchev–Trinajstić information content (AvgIpc) is 3.00. The summed E-state index contributed by atoms with van der Waals surface area (Å²) in [6.45, 7) is 2.88. The highest BCUT2D eigenvalue weighted by Gasteiger charge is 2.31. The van der Waals surface area contributed by atoms with Crippen molar-refractivity contribution in [2.75, 3.05) is 18.1 Å². The van der Waals surface area contributed by atoms with Gasteiger partial charge in [0.15, 0.2) is 0 Å². The predicted molar refractivity (Wildman–Crippen MR) is 86.7 cm³/mol. The summed E-state index contributed by atoms with van der Waals surface area (Å²) in [4.78, 5) is 0. The molecule has 1 aliphatic rings. The van der Waals surface area contributed by atoms with Crippen molar-refractivity contribution >= 4 is 11.8 Å². The molecular weight excluding hydrogens is 264 g/mol. The monoisotopic (exact) mass is 288 g/mol. The number of nitrogens with zero attached hydrogens (tertiary/aromatic N) is 1. The molecule has 1 aromatic carbocycles. The zero-order valence-corrected chi connectivity index (χ0v) is 13.1. The van der Waals surface area contributed by atoms with Crippen molar-refractivity contribution in [3.05, 3.63) is 35.9 Å². The van der Waals surface area contributed by atoms with E-state index in [4.69, 9.17) is 0 Å². The van der Waals surface area contributed by atoms with E-state index >= 15 is 0 Å². The average molecular weight is 288 g/mol. The number of hydrogen-bond donors (Lipinski definition) is 1. The Hall–Kier alpha value is -0.980. The van der Waals surface area contributed by atoms with Gasteiger partial charge >= 0.3 is 0 Å². The SMILES string of the molecule is CCNC(C#N)(CSCC1CCCC1)c1ccccc1. The molecule has 0 bridgehead atoms. The number of hydrogen-bond acceptors (Lipinski definition) is 3. The van der Waals surface area contributed by atoms with E-state index in [1.165, 1.54) is 31.4 Å². The van der Waals surface area contributed by atoms with Gasteiger partial charge < -0.3 is 0 Å². The topological polar surface area (TPSA) is 35.8 Å². The van der Waals surface area contributed by atoms with E-state index in [1.807, 2.05) is 30.0 Å². The van der Waals surface area contributed by atoms with Gasteiger partial charge in [0, 0.05) is 5.75 Å². The maximum absolute atomic E-state index is 9.73. The highest BCUT2D eigenvalue weighted by atomic mass is 32.2. The predicted octanol–water partition coefficient (Wildman–Crippen LogP) is 3.94. The lowest BCUT2D eigenvalue weighted by Gasteiger charge is -2.28. The van der Waals surface area contributed by atoms with Crippen LogP contribution in [0.2, 0.25) is 0 Å². The Morgan fingerprint density at radius 3 is 2.60 bits per heavy atom. The minimum absolute atomic E-state index is 0.542. The molecule has 0 aliphatic heterocycles. The number of nitriles is 1. The summed E-state index contributed by atoms with van der Waals surface area (Å²) in [5, 5.41) is 13.1. The molecule has 1 N–H and O–H groups in total. The third-order valence-electron chi connectivity index (χ3n) is 4.08. The van der Waals surface area contributed by atoms with Crippen LogP contribution in [0, 0.1) is 17.2 Å². The molecule has 3 heteroatoms. The van der Waals surface area contributed by atoms with E-state index in [0.717, 1.165) is 23.8 Å². The second kappa shape index (κ2) is 7.71. The molecule has 0 aromatic heterocycles. The minimum atomic E-state index is -0.542. The van der Waals surface area contributed by atoms with Gasteiger partial charge in [-0.3, -0.25) is 5.32 Å². The molecule has 0 spiro atoms. The molecule has 2 nitrogen and oxygen atoms in total. The van der Waals surface area contributed by atoms with Crippen molar-refractivity contribution in [1.29, 1.82) is 5.26 Å². The number of benzene rings is 1. The first-order valence-electron chi connectivity index (χ1n) is 7.60. The Kier molecular flexibility index (Phi) is 5.94. The minimum Gasteiger partial charge on any atom is -0.295 e. The van der Waals surface area contributed by atoms with Crippen molar-refractivity contribution in [1.82, 2.24) is 5.32 Å². The zero-order chi connectivity index (χ0) is 14.3. The molecule has 2 rings (SSSR count). The quantitative estimate of drug-likeness (QED) is 0.825. The fraction of sp³-hybridized carbons (Fsp3) is 0.588. The third-order valence-corrected chi connectivity index (χ3v) is 5.43. The van der Waals surface area contributed by atoms with Crippen LogP contribution in [0.5, 0.6) is 0 Å². The van der Waals surface area contributed by atoms with Crippen molar-refractivity contribution in [2.24, 2.45) is 5.92 Å². The molecular formula is C17H24N2S. The first kappa shape index (κ1) is 15.4. The van der Waals surface area contributed by atoms with Crippen LogP contribution in [-0.4, -0.2) is 18.1 Å². The molecule has 0 heterocycles. The Morgan fingerprint density at radius 1 is 1.30 bits per heavy atom. The molecule has 108 valence electrons. The third kappa shape index (κ3) is 3.77. The smallest absolute Gasteiger partial charge is 0.141 e. The first-order valence-corrected chi connectivity index (χ1v) is 8.76.